The van der Waals surface area contributed by atoms with Gasteiger partial charge in [-0.3, -0.25) is 9.69 Å². The fourth-order valence-corrected chi connectivity index (χ4v) is 5.73. The minimum Gasteiger partial charge on any atom is -0.496 e. The van der Waals surface area contributed by atoms with Crippen LogP contribution in [0, 0.1) is 5.92 Å². The van der Waals surface area contributed by atoms with Crippen LogP contribution in [-0.4, -0.2) is 59.1 Å². The number of fused-ring (bicyclic) bond motifs is 2. The molecule has 27 heavy (non-hydrogen) atoms. The average molecular weight is 365 g/mol. The van der Waals surface area contributed by atoms with Crippen LogP contribution < -0.4 is 4.74 Å². The lowest BCUT2D eigenvalue weighted by Crippen LogP contribution is -2.60. The maximum absolute atomic E-state index is 13.4. The Hall–Kier alpha value is -2.27. The Morgan fingerprint density at radius 1 is 1.07 bits per heavy atom. The number of para-hydroxylation sites is 1. The van der Waals surface area contributed by atoms with Gasteiger partial charge in [0.1, 0.15) is 11.4 Å². The molecule has 4 saturated heterocycles. The van der Waals surface area contributed by atoms with E-state index >= 15 is 0 Å². The smallest absolute Gasteiger partial charge is 0.270 e. The van der Waals surface area contributed by atoms with Gasteiger partial charge < -0.3 is 14.2 Å². The summed E-state index contributed by atoms with van der Waals surface area (Å²) in [5.74, 6) is 2.03. The summed E-state index contributed by atoms with van der Waals surface area (Å²) in [6, 6.07) is 12.9. The Balaban J connectivity index is 1.56. The first kappa shape index (κ1) is 16.9. The average Bonchev–Trinajstić information content (AvgIpc) is 3.33. The molecule has 0 saturated carbocycles. The molecule has 2 bridgehead atoms. The van der Waals surface area contributed by atoms with Gasteiger partial charge in [0.2, 0.25) is 0 Å². The van der Waals surface area contributed by atoms with Crippen molar-refractivity contribution in [1.82, 2.24) is 14.4 Å². The molecular formula is C22H27N3O2. The van der Waals surface area contributed by atoms with E-state index in [9.17, 15) is 4.79 Å². The Bertz CT molecular complexity index is 853. The van der Waals surface area contributed by atoms with Gasteiger partial charge >= 0.3 is 0 Å². The van der Waals surface area contributed by atoms with E-state index in [1.54, 1.807) is 7.11 Å². The molecule has 3 atom stereocenters. The van der Waals surface area contributed by atoms with Crippen LogP contribution in [-0.2, 0) is 7.05 Å². The molecule has 4 aliphatic heterocycles. The van der Waals surface area contributed by atoms with Crippen LogP contribution >= 0.6 is 0 Å². The van der Waals surface area contributed by atoms with Crippen LogP contribution in [0.25, 0.3) is 0 Å². The summed E-state index contributed by atoms with van der Waals surface area (Å²) < 4.78 is 7.62. The lowest BCUT2D eigenvalue weighted by Gasteiger charge is -2.51. The van der Waals surface area contributed by atoms with E-state index < -0.39 is 0 Å². The number of methoxy groups -OCH3 is 1. The largest absolute Gasteiger partial charge is 0.496 e. The van der Waals surface area contributed by atoms with Crippen molar-refractivity contribution in [3.63, 3.8) is 0 Å². The molecular weight excluding hydrogens is 338 g/mol. The SMILES string of the molecule is COc1ccccc1[C@H]1CN(C(=O)c2cccn2C)[C@@H]2C3CCN(CC3)[C@H]12. The first-order chi connectivity index (χ1) is 13.2. The van der Waals surface area contributed by atoms with Crippen LogP contribution in [0.2, 0.25) is 0 Å². The van der Waals surface area contributed by atoms with Gasteiger partial charge in [-0.15, -0.1) is 0 Å². The number of piperidine rings is 3. The number of benzene rings is 1. The molecule has 2 aromatic rings. The van der Waals surface area contributed by atoms with Crippen molar-refractivity contribution in [1.29, 1.82) is 0 Å². The summed E-state index contributed by atoms with van der Waals surface area (Å²) in [5.41, 5.74) is 2.02. The highest BCUT2D eigenvalue weighted by Gasteiger charge is 2.55. The van der Waals surface area contributed by atoms with Crippen molar-refractivity contribution < 1.29 is 9.53 Å². The molecule has 5 heteroatoms. The van der Waals surface area contributed by atoms with Crippen molar-refractivity contribution in [2.45, 2.75) is 30.8 Å². The van der Waals surface area contributed by atoms with Gasteiger partial charge in [0.05, 0.1) is 13.2 Å². The van der Waals surface area contributed by atoms with Crippen LogP contribution in [0.4, 0.5) is 0 Å². The number of aromatic nitrogens is 1. The van der Waals surface area contributed by atoms with Crippen molar-refractivity contribution in [2.75, 3.05) is 26.7 Å². The molecule has 0 N–H and O–H groups in total. The van der Waals surface area contributed by atoms with Gasteiger partial charge in [-0.05, 0) is 50.0 Å². The molecule has 0 spiro atoms. The van der Waals surface area contributed by atoms with E-state index in [4.69, 9.17) is 4.74 Å². The molecule has 5 nitrogen and oxygen atoms in total. The highest BCUT2D eigenvalue weighted by Crippen LogP contribution is 2.48. The van der Waals surface area contributed by atoms with Crippen LogP contribution in [0.3, 0.4) is 0 Å². The quantitative estimate of drug-likeness (QED) is 0.839. The van der Waals surface area contributed by atoms with Crippen molar-refractivity contribution in [3.8, 4) is 5.75 Å². The third kappa shape index (κ3) is 2.52. The zero-order valence-electron chi connectivity index (χ0n) is 16.0. The number of hydrogen-bond acceptors (Lipinski definition) is 3. The molecule has 4 fully saturated rings. The molecule has 0 aliphatic carbocycles. The number of likely N-dealkylation sites (tertiary alicyclic amines) is 1. The number of ether oxygens (including phenoxy) is 1. The minimum absolute atomic E-state index is 0.170. The fourth-order valence-electron chi connectivity index (χ4n) is 5.73. The number of amides is 1. The summed E-state index contributed by atoms with van der Waals surface area (Å²) in [7, 11) is 3.69. The van der Waals surface area contributed by atoms with Gasteiger partial charge in [-0.25, -0.2) is 0 Å². The van der Waals surface area contributed by atoms with E-state index in [0.717, 1.165) is 31.1 Å². The highest BCUT2D eigenvalue weighted by molar-refractivity contribution is 5.93. The topological polar surface area (TPSA) is 37.7 Å². The zero-order chi connectivity index (χ0) is 18.5. The zero-order valence-corrected chi connectivity index (χ0v) is 16.0. The summed E-state index contributed by atoms with van der Waals surface area (Å²) in [6.07, 6.45) is 4.36. The summed E-state index contributed by atoms with van der Waals surface area (Å²) in [6.45, 7) is 3.08. The van der Waals surface area contributed by atoms with Crippen molar-refractivity contribution in [3.05, 3.63) is 53.9 Å². The molecule has 0 unspecified atom stereocenters. The second-order valence-corrected chi connectivity index (χ2v) is 8.16. The Morgan fingerprint density at radius 2 is 1.85 bits per heavy atom. The number of rotatable bonds is 3. The van der Waals surface area contributed by atoms with Crippen molar-refractivity contribution >= 4 is 5.91 Å². The normalized spacial score (nSPS) is 31.8. The van der Waals surface area contributed by atoms with Crippen molar-refractivity contribution in [2.24, 2.45) is 13.0 Å². The van der Waals surface area contributed by atoms with Crippen LogP contribution in [0.1, 0.15) is 34.8 Å². The lowest BCUT2D eigenvalue weighted by atomic mass is 9.75. The molecule has 1 aromatic heterocycles. The van der Waals surface area contributed by atoms with Crippen LogP contribution in [0.15, 0.2) is 42.6 Å². The van der Waals surface area contributed by atoms with E-state index in [1.165, 1.54) is 18.4 Å². The summed E-state index contributed by atoms with van der Waals surface area (Å²) in [5, 5.41) is 0. The van der Waals surface area contributed by atoms with Gasteiger partial charge in [-0.2, -0.15) is 0 Å². The number of nitrogens with zero attached hydrogens (tertiary/aromatic N) is 3. The fraction of sp³-hybridized carbons (Fsp3) is 0.500. The lowest BCUT2D eigenvalue weighted by molar-refractivity contribution is -0.00377. The maximum Gasteiger partial charge on any atom is 0.270 e. The predicted molar refractivity (Wildman–Crippen MR) is 104 cm³/mol. The van der Waals surface area contributed by atoms with E-state index in [1.807, 2.05) is 42.1 Å². The first-order valence-corrected chi connectivity index (χ1v) is 9.98. The molecule has 1 aromatic carbocycles. The standard InChI is InChI=1S/C22H27N3O2/c1-23-11-5-7-18(23)22(26)25-14-17(16-6-3-4-8-19(16)27-2)21-20(25)15-9-12-24(21)13-10-15/h3-8,11,15,17,20-21H,9-10,12-14H2,1-2H3/t17-,20-,21-/m1/s1. The second kappa shape index (κ2) is 6.41. The Kier molecular flexibility index (Phi) is 4.01. The Morgan fingerprint density at radius 3 is 2.56 bits per heavy atom. The van der Waals surface area contributed by atoms with Gasteiger partial charge in [0, 0.05) is 37.3 Å². The number of carbonyl (C=O) groups excluding carboxylic acids is 1. The molecule has 142 valence electrons. The second-order valence-electron chi connectivity index (χ2n) is 8.16. The molecule has 6 rings (SSSR count). The molecule has 1 amide bonds. The first-order valence-electron chi connectivity index (χ1n) is 9.98. The van der Waals surface area contributed by atoms with Gasteiger partial charge in [0.25, 0.3) is 5.91 Å². The Labute approximate surface area is 160 Å². The number of aryl methyl sites for hydroxylation is 1. The van der Waals surface area contributed by atoms with Gasteiger partial charge in [0.15, 0.2) is 0 Å². The predicted octanol–water partition coefficient (Wildman–Crippen LogP) is 2.74. The molecule has 5 heterocycles. The molecule has 0 radical (unpaired) electrons. The summed E-state index contributed by atoms with van der Waals surface area (Å²) in [4.78, 5) is 18.2. The van der Waals surface area contributed by atoms with Gasteiger partial charge in [-0.1, -0.05) is 18.2 Å². The highest BCUT2D eigenvalue weighted by atomic mass is 16.5. The van der Waals surface area contributed by atoms with Crippen LogP contribution in [0.5, 0.6) is 5.75 Å². The molecule has 4 aliphatic rings. The third-order valence-electron chi connectivity index (χ3n) is 6.96. The third-order valence-corrected chi connectivity index (χ3v) is 6.96. The number of hydrogen-bond donors (Lipinski definition) is 0. The number of carbonyl (C=O) groups is 1. The van der Waals surface area contributed by atoms with E-state index in [2.05, 4.69) is 21.9 Å². The maximum atomic E-state index is 13.4. The monoisotopic (exact) mass is 365 g/mol. The summed E-state index contributed by atoms with van der Waals surface area (Å²) >= 11 is 0. The minimum atomic E-state index is 0.170. The van der Waals surface area contributed by atoms with E-state index in [-0.39, 0.29) is 5.91 Å². The van der Waals surface area contributed by atoms with E-state index in [0.29, 0.717) is 23.9 Å².